The van der Waals surface area contributed by atoms with Crippen molar-refractivity contribution in [3.05, 3.63) is 54.5 Å². The van der Waals surface area contributed by atoms with Gasteiger partial charge in [0.2, 0.25) is 15.9 Å². The lowest BCUT2D eigenvalue weighted by atomic mass is 10.2. The number of carbonyl (C=O) groups excluding carboxylic acids is 1. The number of nitriles is 1. The van der Waals surface area contributed by atoms with E-state index in [4.69, 9.17) is 0 Å². The maximum Gasteiger partial charge on any atom is 0.241 e. The van der Waals surface area contributed by atoms with Gasteiger partial charge in [-0.25, -0.2) is 8.42 Å². The van der Waals surface area contributed by atoms with Gasteiger partial charge in [-0.3, -0.25) is 4.79 Å². The first-order chi connectivity index (χ1) is 15.5. The standard InChI is InChI=1S/C22H26N6O3S/c23-16-17-4-2-12-27(17)14-8-20(22(29)28-13-3-9-24-11-15-28)26-32(30,31)21-6-1-5-19-18(21)7-10-25-19/h1-2,4-7,10,12,20,24-26H,3,8-9,11,13-15H2. The maximum atomic E-state index is 13.4. The zero-order valence-electron chi connectivity index (χ0n) is 17.6. The highest BCUT2D eigenvalue weighted by atomic mass is 32.2. The van der Waals surface area contributed by atoms with Crippen molar-refractivity contribution in [3.63, 3.8) is 0 Å². The van der Waals surface area contributed by atoms with Crippen LogP contribution in [0.25, 0.3) is 10.9 Å². The molecule has 168 valence electrons. The van der Waals surface area contributed by atoms with Gasteiger partial charge in [-0.15, -0.1) is 0 Å². The zero-order chi connectivity index (χ0) is 22.6. The number of nitrogens with zero attached hydrogens (tertiary/aromatic N) is 3. The summed E-state index contributed by atoms with van der Waals surface area (Å²) in [4.78, 5) is 18.2. The molecule has 3 aromatic rings. The maximum absolute atomic E-state index is 13.4. The molecule has 0 aliphatic carbocycles. The molecule has 1 atom stereocenters. The number of aryl methyl sites for hydroxylation is 1. The molecule has 1 unspecified atom stereocenters. The van der Waals surface area contributed by atoms with Crippen LogP contribution in [0.1, 0.15) is 18.5 Å². The van der Waals surface area contributed by atoms with Crippen LogP contribution in [0.2, 0.25) is 0 Å². The molecule has 2 aromatic heterocycles. The van der Waals surface area contributed by atoms with Crippen LogP contribution in [0.15, 0.2) is 53.7 Å². The van der Waals surface area contributed by atoms with Crippen molar-refractivity contribution in [2.45, 2.75) is 30.3 Å². The lowest BCUT2D eigenvalue weighted by Gasteiger charge is -2.27. The molecule has 1 aromatic carbocycles. The fourth-order valence-corrected chi connectivity index (χ4v) is 5.49. The van der Waals surface area contributed by atoms with Gasteiger partial charge in [-0.05, 0) is 49.7 Å². The van der Waals surface area contributed by atoms with E-state index in [1.165, 1.54) is 6.07 Å². The lowest BCUT2D eigenvalue weighted by molar-refractivity contribution is -0.133. The van der Waals surface area contributed by atoms with Crippen LogP contribution in [0.3, 0.4) is 0 Å². The van der Waals surface area contributed by atoms with Crippen molar-refractivity contribution < 1.29 is 13.2 Å². The minimum Gasteiger partial charge on any atom is -0.361 e. The fourth-order valence-electron chi connectivity index (χ4n) is 4.04. The summed E-state index contributed by atoms with van der Waals surface area (Å²) in [6.07, 6.45) is 4.48. The minimum atomic E-state index is -3.96. The van der Waals surface area contributed by atoms with Gasteiger partial charge in [0.15, 0.2) is 0 Å². The number of rotatable bonds is 7. The number of sulfonamides is 1. The van der Waals surface area contributed by atoms with Gasteiger partial charge in [0.25, 0.3) is 0 Å². The predicted molar refractivity (Wildman–Crippen MR) is 120 cm³/mol. The molecule has 0 saturated carbocycles. The molecular weight excluding hydrogens is 428 g/mol. The number of amides is 1. The van der Waals surface area contributed by atoms with E-state index in [9.17, 15) is 18.5 Å². The first-order valence-corrected chi connectivity index (χ1v) is 12.1. The Morgan fingerprint density at radius 3 is 2.91 bits per heavy atom. The average molecular weight is 455 g/mol. The number of hydrogen-bond acceptors (Lipinski definition) is 5. The molecule has 0 spiro atoms. The third kappa shape index (κ3) is 4.70. The molecule has 1 amide bonds. The molecule has 10 heteroatoms. The first kappa shape index (κ1) is 22.1. The number of hydrogen-bond donors (Lipinski definition) is 3. The van der Waals surface area contributed by atoms with Gasteiger partial charge in [0.05, 0.1) is 4.90 Å². The number of fused-ring (bicyclic) bond motifs is 1. The van der Waals surface area contributed by atoms with Gasteiger partial charge in [0, 0.05) is 49.5 Å². The number of H-pyrrole nitrogens is 1. The molecule has 0 bridgehead atoms. The third-order valence-corrected chi connectivity index (χ3v) is 7.22. The highest BCUT2D eigenvalue weighted by Crippen LogP contribution is 2.22. The van der Waals surface area contributed by atoms with Crippen LogP contribution in [0.4, 0.5) is 0 Å². The molecule has 3 N–H and O–H groups in total. The second kappa shape index (κ2) is 9.56. The van der Waals surface area contributed by atoms with Crippen molar-refractivity contribution in [2.75, 3.05) is 26.2 Å². The largest absolute Gasteiger partial charge is 0.361 e. The van der Waals surface area contributed by atoms with Gasteiger partial charge < -0.3 is 19.8 Å². The van der Waals surface area contributed by atoms with Crippen LogP contribution in [0, 0.1) is 11.3 Å². The van der Waals surface area contributed by atoms with E-state index in [-0.39, 0.29) is 17.2 Å². The summed E-state index contributed by atoms with van der Waals surface area (Å²) in [7, 11) is -3.96. The number of nitrogens with one attached hydrogen (secondary N) is 3. The highest BCUT2D eigenvalue weighted by Gasteiger charge is 2.30. The van der Waals surface area contributed by atoms with Crippen molar-refractivity contribution in [1.29, 1.82) is 5.26 Å². The van der Waals surface area contributed by atoms with Gasteiger partial charge in [0.1, 0.15) is 17.8 Å². The molecular formula is C22H26N6O3S. The molecule has 32 heavy (non-hydrogen) atoms. The number of carbonyl (C=O) groups is 1. The molecule has 0 radical (unpaired) electrons. The molecule has 3 heterocycles. The van der Waals surface area contributed by atoms with Crippen molar-refractivity contribution in [3.8, 4) is 6.07 Å². The predicted octanol–water partition coefficient (Wildman–Crippen LogP) is 1.40. The normalized spacial score (nSPS) is 15.9. The van der Waals surface area contributed by atoms with E-state index in [2.05, 4.69) is 21.1 Å². The molecule has 4 rings (SSSR count). The summed E-state index contributed by atoms with van der Waals surface area (Å²) < 4.78 is 31.0. The highest BCUT2D eigenvalue weighted by molar-refractivity contribution is 7.89. The second-order valence-corrected chi connectivity index (χ2v) is 9.47. The van der Waals surface area contributed by atoms with Crippen molar-refractivity contribution in [2.24, 2.45) is 0 Å². The Kier molecular flexibility index (Phi) is 6.60. The third-order valence-electron chi connectivity index (χ3n) is 5.69. The molecule has 1 aliphatic heterocycles. The SMILES string of the molecule is N#Cc1cccn1CCC(NS(=O)(=O)c1cccc2[nH]ccc12)C(=O)N1CCCNCC1. The summed E-state index contributed by atoms with van der Waals surface area (Å²) in [6, 6.07) is 11.3. The van der Waals surface area contributed by atoms with Gasteiger partial charge >= 0.3 is 0 Å². The van der Waals surface area contributed by atoms with E-state index < -0.39 is 16.1 Å². The molecule has 9 nitrogen and oxygen atoms in total. The van der Waals surface area contributed by atoms with E-state index in [1.807, 2.05) is 0 Å². The summed E-state index contributed by atoms with van der Waals surface area (Å²) in [5, 5.41) is 13.1. The summed E-state index contributed by atoms with van der Waals surface area (Å²) in [6.45, 7) is 2.94. The zero-order valence-corrected chi connectivity index (χ0v) is 18.4. The van der Waals surface area contributed by atoms with E-state index in [0.29, 0.717) is 42.8 Å². The average Bonchev–Trinajstić information content (AvgIpc) is 3.37. The second-order valence-electron chi connectivity index (χ2n) is 7.79. The van der Waals surface area contributed by atoms with Crippen molar-refractivity contribution in [1.82, 2.24) is 24.5 Å². The Morgan fingerprint density at radius 2 is 2.06 bits per heavy atom. The Balaban J connectivity index is 1.61. The Bertz CT molecular complexity index is 1230. The van der Waals surface area contributed by atoms with Crippen LogP contribution in [-0.2, 0) is 21.4 Å². The lowest BCUT2D eigenvalue weighted by Crippen LogP contribution is -2.49. The quantitative estimate of drug-likeness (QED) is 0.498. The van der Waals surface area contributed by atoms with Crippen LogP contribution in [0.5, 0.6) is 0 Å². The molecule has 1 aliphatic rings. The number of benzene rings is 1. The van der Waals surface area contributed by atoms with Crippen LogP contribution < -0.4 is 10.0 Å². The monoisotopic (exact) mass is 454 g/mol. The van der Waals surface area contributed by atoms with Crippen LogP contribution >= 0.6 is 0 Å². The summed E-state index contributed by atoms with van der Waals surface area (Å²) in [5.41, 5.74) is 1.18. The Hall–Kier alpha value is -3.13. The van der Waals surface area contributed by atoms with E-state index in [0.717, 1.165) is 13.0 Å². The minimum absolute atomic E-state index is 0.130. The molecule has 1 fully saturated rings. The number of aromatic amines is 1. The Labute approximate surface area is 187 Å². The smallest absolute Gasteiger partial charge is 0.241 e. The molecule has 1 saturated heterocycles. The first-order valence-electron chi connectivity index (χ1n) is 10.6. The van der Waals surface area contributed by atoms with Gasteiger partial charge in [-0.1, -0.05) is 6.07 Å². The Morgan fingerprint density at radius 1 is 1.19 bits per heavy atom. The number of aromatic nitrogens is 2. The van der Waals surface area contributed by atoms with E-state index in [1.54, 1.807) is 52.2 Å². The van der Waals surface area contributed by atoms with Crippen LogP contribution in [-0.4, -0.2) is 61.0 Å². The summed E-state index contributed by atoms with van der Waals surface area (Å²) >= 11 is 0. The van der Waals surface area contributed by atoms with Crippen molar-refractivity contribution >= 4 is 26.8 Å². The summed E-state index contributed by atoms with van der Waals surface area (Å²) in [5.74, 6) is -0.246. The van der Waals surface area contributed by atoms with E-state index >= 15 is 0 Å². The topological polar surface area (TPSA) is 123 Å². The fraction of sp³-hybridized carbons (Fsp3) is 0.364. The van der Waals surface area contributed by atoms with Gasteiger partial charge in [-0.2, -0.15) is 9.98 Å².